The first kappa shape index (κ1) is 16.5. The Labute approximate surface area is 134 Å². The van der Waals surface area contributed by atoms with E-state index in [0.29, 0.717) is 23.7 Å². The van der Waals surface area contributed by atoms with Crippen LogP contribution in [0.5, 0.6) is 5.75 Å². The van der Waals surface area contributed by atoms with Crippen LogP contribution in [0.15, 0.2) is 41.1 Å². The molecule has 1 heterocycles. The van der Waals surface area contributed by atoms with Gasteiger partial charge in [0.25, 0.3) is 5.91 Å². The van der Waals surface area contributed by atoms with E-state index in [2.05, 4.69) is 15.0 Å². The largest absolute Gasteiger partial charge is 0.497 e. The number of nitrogens with zero attached hydrogens (tertiary/aromatic N) is 2. The lowest BCUT2D eigenvalue weighted by atomic mass is 10.2. The van der Waals surface area contributed by atoms with Gasteiger partial charge in [-0.15, -0.1) is 0 Å². The molecule has 0 bridgehead atoms. The van der Waals surface area contributed by atoms with Gasteiger partial charge in [0.1, 0.15) is 18.6 Å². The van der Waals surface area contributed by atoms with Gasteiger partial charge in [-0.3, -0.25) is 9.59 Å². The van der Waals surface area contributed by atoms with Gasteiger partial charge in [0.15, 0.2) is 5.82 Å². The molecule has 0 aliphatic heterocycles. The molecule has 7 nitrogen and oxygen atoms in total. The number of aromatic nitrogens is 1. The summed E-state index contributed by atoms with van der Waals surface area (Å²) in [6.45, 7) is 2.38. The molecule has 122 valence electrons. The molecule has 1 aromatic carbocycles. The maximum absolute atomic E-state index is 12.5. The minimum absolute atomic E-state index is 0.0500. The summed E-state index contributed by atoms with van der Waals surface area (Å²) in [5.41, 5.74) is 0.508. The number of hydrogen-bond acceptors (Lipinski definition) is 5. The molecule has 0 aliphatic rings. The highest BCUT2D eigenvalue weighted by Gasteiger charge is 2.18. The maximum Gasteiger partial charge on any atom is 0.254 e. The average molecular weight is 317 g/mol. The van der Waals surface area contributed by atoms with Gasteiger partial charge in [0.05, 0.1) is 7.11 Å². The fourth-order valence-electron chi connectivity index (χ4n) is 2.07. The molecule has 23 heavy (non-hydrogen) atoms. The number of hydrogen-bond donors (Lipinski definition) is 1. The second-order valence-electron chi connectivity index (χ2n) is 4.89. The predicted molar refractivity (Wildman–Crippen MR) is 84.3 cm³/mol. The second-order valence-corrected chi connectivity index (χ2v) is 4.89. The Bertz CT molecular complexity index is 638. The fraction of sp³-hybridized carbons (Fsp3) is 0.312. The van der Waals surface area contributed by atoms with Crippen LogP contribution in [0.25, 0.3) is 0 Å². The third-order valence-electron chi connectivity index (χ3n) is 3.16. The summed E-state index contributed by atoms with van der Waals surface area (Å²) in [5, 5.41) is 6.19. The van der Waals surface area contributed by atoms with Gasteiger partial charge in [-0.2, -0.15) is 0 Å². The van der Waals surface area contributed by atoms with Crippen LogP contribution in [-0.4, -0.2) is 42.1 Å². The van der Waals surface area contributed by atoms with Gasteiger partial charge in [-0.1, -0.05) is 12.1 Å². The normalized spacial score (nSPS) is 10.2. The van der Waals surface area contributed by atoms with Crippen molar-refractivity contribution in [1.82, 2.24) is 10.1 Å². The van der Waals surface area contributed by atoms with Gasteiger partial charge in [-0.25, -0.2) is 0 Å². The van der Waals surface area contributed by atoms with Crippen molar-refractivity contribution < 1.29 is 18.8 Å². The fourth-order valence-corrected chi connectivity index (χ4v) is 2.07. The molecule has 0 saturated heterocycles. The Morgan fingerprint density at radius 1 is 1.26 bits per heavy atom. The standard InChI is InChI=1S/C16H19N3O4/c1-3-9-19(11-15(20)17-14-8-10-23-18-14)16(21)12-4-6-13(22-2)7-5-12/h4-8,10H,3,9,11H2,1-2H3,(H,17,18,20). The molecule has 2 amide bonds. The summed E-state index contributed by atoms with van der Waals surface area (Å²) < 4.78 is 9.72. The third-order valence-corrected chi connectivity index (χ3v) is 3.16. The molecular weight excluding hydrogens is 298 g/mol. The number of methoxy groups -OCH3 is 1. The molecule has 2 rings (SSSR count). The average Bonchev–Trinajstić information content (AvgIpc) is 3.06. The van der Waals surface area contributed by atoms with Crippen molar-refractivity contribution in [3.8, 4) is 5.75 Å². The molecule has 1 aromatic heterocycles. The molecule has 0 atom stereocenters. The first-order valence-electron chi connectivity index (χ1n) is 7.27. The summed E-state index contributed by atoms with van der Waals surface area (Å²) in [6, 6.07) is 8.33. The number of amides is 2. The number of carbonyl (C=O) groups excluding carboxylic acids is 2. The van der Waals surface area contributed by atoms with E-state index >= 15 is 0 Å². The van der Waals surface area contributed by atoms with E-state index < -0.39 is 0 Å². The number of rotatable bonds is 7. The molecule has 7 heteroatoms. The summed E-state index contributed by atoms with van der Waals surface area (Å²) in [4.78, 5) is 26.1. The van der Waals surface area contributed by atoms with E-state index in [4.69, 9.17) is 4.74 Å². The lowest BCUT2D eigenvalue weighted by Gasteiger charge is -2.21. The zero-order valence-electron chi connectivity index (χ0n) is 13.1. The maximum atomic E-state index is 12.5. The Morgan fingerprint density at radius 2 is 2.00 bits per heavy atom. The number of benzene rings is 1. The van der Waals surface area contributed by atoms with Crippen molar-refractivity contribution in [1.29, 1.82) is 0 Å². The first-order valence-corrected chi connectivity index (χ1v) is 7.27. The highest BCUT2D eigenvalue weighted by molar-refractivity contribution is 5.99. The van der Waals surface area contributed by atoms with Crippen LogP contribution in [0.3, 0.4) is 0 Å². The molecule has 0 saturated carbocycles. The SMILES string of the molecule is CCCN(CC(=O)Nc1ccon1)C(=O)c1ccc(OC)cc1. The molecule has 0 unspecified atom stereocenters. The topological polar surface area (TPSA) is 84.7 Å². The van der Waals surface area contributed by atoms with Crippen molar-refractivity contribution in [3.63, 3.8) is 0 Å². The number of nitrogens with one attached hydrogen (secondary N) is 1. The van der Waals surface area contributed by atoms with Gasteiger partial charge in [0, 0.05) is 18.2 Å². The molecule has 0 spiro atoms. The summed E-state index contributed by atoms with van der Waals surface area (Å²) in [6.07, 6.45) is 2.11. The Balaban J connectivity index is 2.03. The minimum Gasteiger partial charge on any atom is -0.497 e. The lowest BCUT2D eigenvalue weighted by molar-refractivity contribution is -0.116. The first-order chi connectivity index (χ1) is 11.1. The quantitative estimate of drug-likeness (QED) is 0.846. The molecule has 0 radical (unpaired) electrons. The Kier molecular flexibility index (Phi) is 5.74. The molecule has 1 N–H and O–H groups in total. The zero-order valence-corrected chi connectivity index (χ0v) is 13.1. The third kappa shape index (κ3) is 4.57. The second kappa shape index (κ2) is 7.98. The molecule has 2 aromatic rings. The van der Waals surface area contributed by atoms with Crippen molar-refractivity contribution in [3.05, 3.63) is 42.2 Å². The smallest absolute Gasteiger partial charge is 0.254 e. The van der Waals surface area contributed by atoms with Crippen LogP contribution in [0, 0.1) is 0 Å². The zero-order chi connectivity index (χ0) is 16.7. The monoisotopic (exact) mass is 317 g/mol. The predicted octanol–water partition coefficient (Wildman–Crippen LogP) is 2.17. The molecule has 0 fully saturated rings. The van der Waals surface area contributed by atoms with Crippen molar-refractivity contribution >= 4 is 17.6 Å². The highest BCUT2D eigenvalue weighted by atomic mass is 16.5. The van der Waals surface area contributed by atoms with E-state index in [0.717, 1.165) is 6.42 Å². The Hall–Kier alpha value is -2.83. The van der Waals surface area contributed by atoms with Crippen LogP contribution in [0.1, 0.15) is 23.7 Å². The number of anilines is 1. The van der Waals surface area contributed by atoms with Crippen LogP contribution in [0.2, 0.25) is 0 Å². The van der Waals surface area contributed by atoms with Gasteiger partial charge in [-0.05, 0) is 30.7 Å². The number of carbonyl (C=O) groups is 2. The van der Waals surface area contributed by atoms with E-state index in [-0.39, 0.29) is 18.4 Å². The highest BCUT2D eigenvalue weighted by Crippen LogP contribution is 2.13. The van der Waals surface area contributed by atoms with Crippen molar-refractivity contribution in [2.45, 2.75) is 13.3 Å². The van der Waals surface area contributed by atoms with Crippen LogP contribution in [-0.2, 0) is 4.79 Å². The van der Waals surface area contributed by atoms with Crippen LogP contribution < -0.4 is 10.1 Å². The minimum atomic E-state index is -0.325. The Morgan fingerprint density at radius 3 is 2.57 bits per heavy atom. The van der Waals surface area contributed by atoms with E-state index in [1.807, 2.05) is 6.92 Å². The van der Waals surface area contributed by atoms with E-state index in [1.54, 1.807) is 31.4 Å². The van der Waals surface area contributed by atoms with Crippen molar-refractivity contribution in [2.24, 2.45) is 0 Å². The van der Waals surface area contributed by atoms with E-state index in [1.165, 1.54) is 17.2 Å². The van der Waals surface area contributed by atoms with E-state index in [9.17, 15) is 9.59 Å². The van der Waals surface area contributed by atoms with Gasteiger partial charge in [0.2, 0.25) is 5.91 Å². The number of ether oxygens (including phenoxy) is 1. The van der Waals surface area contributed by atoms with Crippen molar-refractivity contribution in [2.75, 3.05) is 25.5 Å². The summed E-state index contributed by atoms with van der Waals surface area (Å²) >= 11 is 0. The molecule has 0 aliphatic carbocycles. The van der Waals surface area contributed by atoms with Crippen LogP contribution >= 0.6 is 0 Å². The summed E-state index contributed by atoms with van der Waals surface area (Å²) in [7, 11) is 1.56. The van der Waals surface area contributed by atoms with Gasteiger partial charge < -0.3 is 19.5 Å². The van der Waals surface area contributed by atoms with Crippen LogP contribution in [0.4, 0.5) is 5.82 Å². The van der Waals surface area contributed by atoms with Gasteiger partial charge >= 0.3 is 0 Å². The molecular formula is C16H19N3O4. The lowest BCUT2D eigenvalue weighted by Crippen LogP contribution is -2.38. The summed E-state index contributed by atoms with van der Waals surface area (Å²) in [5.74, 6) is 0.467.